The highest BCUT2D eigenvalue weighted by Crippen LogP contribution is 2.11. The fourth-order valence-corrected chi connectivity index (χ4v) is 1.96. The first kappa shape index (κ1) is 17.3. The zero-order valence-corrected chi connectivity index (χ0v) is 13.8. The van der Waals surface area contributed by atoms with Crippen molar-refractivity contribution in [3.05, 3.63) is 29.8 Å². The van der Waals surface area contributed by atoms with Gasteiger partial charge in [0, 0.05) is 13.1 Å². The van der Waals surface area contributed by atoms with E-state index in [1.54, 1.807) is 7.11 Å². The van der Waals surface area contributed by atoms with Crippen LogP contribution in [0.1, 0.15) is 39.2 Å². The Hall–Kier alpha value is -1.71. The van der Waals surface area contributed by atoms with Gasteiger partial charge in [-0.3, -0.25) is 0 Å². The van der Waals surface area contributed by atoms with E-state index in [4.69, 9.17) is 4.74 Å². The first-order valence-corrected chi connectivity index (χ1v) is 7.80. The van der Waals surface area contributed by atoms with E-state index >= 15 is 0 Å². The first-order chi connectivity index (χ1) is 10.2. The highest BCUT2D eigenvalue weighted by molar-refractivity contribution is 5.79. The Morgan fingerprint density at radius 2 is 1.90 bits per heavy atom. The molecule has 118 valence electrons. The van der Waals surface area contributed by atoms with Gasteiger partial charge in [0.1, 0.15) is 5.75 Å². The number of rotatable bonds is 8. The SMILES string of the molecule is CCNC(=NCc1ccc(OC)cc1)NCCCC(C)C. The third-order valence-corrected chi connectivity index (χ3v) is 3.17. The number of nitrogens with one attached hydrogen (secondary N) is 2. The van der Waals surface area contributed by atoms with E-state index in [9.17, 15) is 0 Å². The minimum Gasteiger partial charge on any atom is -0.497 e. The molecule has 2 N–H and O–H groups in total. The quantitative estimate of drug-likeness (QED) is 0.439. The van der Waals surface area contributed by atoms with Crippen LogP contribution in [0.25, 0.3) is 0 Å². The Morgan fingerprint density at radius 1 is 1.19 bits per heavy atom. The van der Waals surface area contributed by atoms with E-state index in [0.29, 0.717) is 6.54 Å². The number of benzene rings is 1. The van der Waals surface area contributed by atoms with Gasteiger partial charge in [0.2, 0.25) is 0 Å². The summed E-state index contributed by atoms with van der Waals surface area (Å²) >= 11 is 0. The Kier molecular flexibility index (Phi) is 8.32. The fraction of sp³-hybridized carbons (Fsp3) is 0.588. The van der Waals surface area contributed by atoms with Crippen LogP contribution in [-0.2, 0) is 6.54 Å². The van der Waals surface area contributed by atoms with Crippen LogP contribution >= 0.6 is 0 Å². The molecule has 0 heterocycles. The maximum absolute atomic E-state index is 5.16. The van der Waals surface area contributed by atoms with E-state index in [0.717, 1.165) is 30.7 Å². The Labute approximate surface area is 129 Å². The van der Waals surface area contributed by atoms with Gasteiger partial charge in [0.05, 0.1) is 13.7 Å². The van der Waals surface area contributed by atoms with Crippen molar-refractivity contribution >= 4 is 5.96 Å². The normalized spacial score (nSPS) is 11.6. The monoisotopic (exact) mass is 291 g/mol. The Bertz CT molecular complexity index is 413. The van der Waals surface area contributed by atoms with Gasteiger partial charge in [0.15, 0.2) is 5.96 Å². The van der Waals surface area contributed by atoms with Crippen molar-refractivity contribution in [3.8, 4) is 5.75 Å². The van der Waals surface area contributed by atoms with E-state index in [-0.39, 0.29) is 0 Å². The summed E-state index contributed by atoms with van der Waals surface area (Å²) in [7, 11) is 1.68. The summed E-state index contributed by atoms with van der Waals surface area (Å²) in [5.74, 6) is 2.52. The highest BCUT2D eigenvalue weighted by atomic mass is 16.5. The number of guanidine groups is 1. The predicted octanol–water partition coefficient (Wildman–Crippen LogP) is 3.19. The topological polar surface area (TPSA) is 45.7 Å². The summed E-state index contributed by atoms with van der Waals surface area (Å²) in [6.45, 7) is 9.10. The molecule has 0 unspecified atom stereocenters. The molecule has 0 saturated carbocycles. The van der Waals surface area contributed by atoms with Gasteiger partial charge < -0.3 is 15.4 Å². The number of nitrogens with zero attached hydrogens (tertiary/aromatic N) is 1. The molecule has 1 rings (SSSR count). The van der Waals surface area contributed by atoms with Crippen LogP contribution in [0.5, 0.6) is 5.75 Å². The molecule has 1 aromatic rings. The molecule has 21 heavy (non-hydrogen) atoms. The lowest BCUT2D eigenvalue weighted by Gasteiger charge is -2.12. The lowest BCUT2D eigenvalue weighted by Crippen LogP contribution is -2.37. The van der Waals surface area contributed by atoms with Crippen LogP contribution < -0.4 is 15.4 Å². The second kappa shape index (κ2) is 10.1. The lowest BCUT2D eigenvalue weighted by atomic mass is 10.1. The molecule has 0 aliphatic heterocycles. The van der Waals surface area contributed by atoms with E-state index in [2.05, 4.69) is 36.4 Å². The Morgan fingerprint density at radius 3 is 2.48 bits per heavy atom. The van der Waals surface area contributed by atoms with E-state index in [1.165, 1.54) is 18.4 Å². The zero-order chi connectivity index (χ0) is 15.5. The third kappa shape index (κ3) is 7.59. The second-order valence-electron chi connectivity index (χ2n) is 5.51. The minimum atomic E-state index is 0.670. The highest BCUT2D eigenvalue weighted by Gasteiger charge is 1.99. The van der Waals surface area contributed by atoms with Gasteiger partial charge in [-0.15, -0.1) is 0 Å². The van der Waals surface area contributed by atoms with E-state index in [1.807, 2.05) is 24.3 Å². The van der Waals surface area contributed by atoms with Crippen LogP contribution in [0.15, 0.2) is 29.3 Å². The predicted molar refractivity (Wildman–Crippen MR) is 89.9 cm³/mol. The molecule has 0 amide bonds. The third-order valence-electron chi connectivity index (χ3n) is 3.17. The van der Waals surface area contributed by atoms with Crippen LogP contribution in [0.3, 0.4) is 0 Å². The molecule has 0 fully saturated rings. The molecule has 0 spiro atoms. The number of hydrogen-bond donors (Lipinski definition) is 2. The summed E-state index contributed by atoms with van der Waals surface area (Å²) in [5, 5.41) is 6.66. The molecular formula is C17H29N3O. The molecule has 0 aliphatic carbocycles. The summed E-state index contributed by atoms with van der Waals surface area (Å²) in [5.41, 5.74) is 1.18. The van der Waals surface area contributed by atoms with Crippen LogP contribution in [0.2, 0.25) is 0 Å². The summed E-state index contributed by atoms with van der Waals surface area (Å²) in [6, 6.07) is 8.02. The van der Waals surface area contributed by atoms with Crippen molar-refractivity contribution in [1.82, 2.24) is 10.6 Å². The number of aliphatic imine (C=N–C) groups is 1. The van der Waals surface area contributed by atoms with Crippen LogP contribution in [-0.4, -0.2) is 26.2 Å². The van der Waals surface area contributed by atoms with Crippen molar-refractivity contribution in [2.45, 2.75) is 40.2 Å². The molecule has 0 bridgehead atoms. The molecule has 0 aliphatic rings. The van der Waals surface area contributed by atoms with Crippen LogP contribution in [0, 0.1) is 5.92 Å². The standard InChI is InChI=1S/C17H29N3O/c1-5-18-17(19-12-6-7-14(2)3)20-13-15-8-10-16(21-4)11-9-15/h8-11,14H,5-7,12-13H2,1-4H3,(H2,18,19,20). The molecule has 0 radical (unpaired) electrons. The van der Waals surface area contributed by atoms with Gasteiger partial charge in [-0.05, 0) is 43.4 Å². The van der Waals surface area contributed by atoms with Gasteiger partial charge in [0.25, 0.3) is 0 Å². The van der Waals surface area contributed by atoms with Crippen molar-refractivity contribution in [1.29, 1.82) is 0 Å². The van der Waals surface area contributed by atoms with E-state index < -0.39 is 0 Å². The van der Waals surface area contributed by atoms with Crippen molar-refractivity contribution in [2.75, 3.05) is 20.2 Å². The zero-order valence-electron chi connectivity index (χ0n) is 13.8. The fourth-order valence-electron chi connectivity index (χ4n) is 1.96. The first-order valence-electron chi connectivity index (χ1n) is 7.80. The molecule has 4 nitrogen and oxygen atoms in total. The van der Waals surface area contributed by atoms with Crippen molar-refractivity contribution in [2.24, 2.45) is 10.9 Å². The Balaban J connectivity index is 2.45. The number of methoxy groups -OCH3 is 1. The van der Waals surface area contributed by atoms with Gasteiger partial charge in [-0.2, -0.15) is 0 Å². The maximum Gasteiger partial charge on any atom is 0.191 e. The average Bonchev–Trinajstić information content (AvgIpc) is 2.49. The molecule has 0 saturated heterocycles. The molecule has 0 atom stereocenters. The van der Waals surface area contributed by atoms with Crippen LogP contribution in [0.4, 0.5) is 0 Å². The summed E-state index contributed by atoms with van der Waals surface area (Å²) in [6.07, 6.45) is 2.41. The number of hydrogen-bond acceptors (Lipinski definition) is 2. The molecule has 4 heteroatoms. The second-order valence-corrected chi connectivity index (χ2v) is 5.51. The smallest absolute Gasteiger partial charge is 0.191 e. The van der Waals surface area contributed by atoms with Crippen molar-refractivity contribution in [3.63, 3.8) is 0 Å². The van der Waals surface area contributed by atoms with Gasteiger partial charge in [-0.1, -0.05) is 26.0 Å². The minimum absolute atomic E-state index is 0.670. The van der Waals surface area contributed by atoms with Crippen molar-refractivity contribution < 1.29 is 4.74 Å². The molecular weight excluding hydrogens is 262 g/mol. The number of ether oxygens (including phenoxy) is 1. The van der Waals surface area contributed by atoms with Gasteiger partial charge in [-0.25, -0.2) is 4.99 Å². The molecule has 0 aromatic heterocycles. The lowest BCUT2D eigenvalue weighted by molar-refractivity contribution is 0.414. The summed E-state index contributed by atoms with van der Waals surface area (Å²) < 4.78 is 5.16. The molecule has 1 aromatic carbocycles. The largest absolute Gasteiger partial charge is 0.497 e. The average molecular weight is 291 g/mol. The summed E-state index contributed by atoms with van der Waals surface area (Å²) in [4.78, 5) is 4.61. The maximum atomic E-state index is 5.16. The van der Waals surface area contributed by atoms with Gasteiger partial charge >= 0.3 is 0 Å².